The smallest absolute Gasteiger partial charge is 0.238 e. The number of pyridine rings is 1. The molecule has 2 N–H and O–H groups in total. The molecule has 1 aromatic heterocycles. The summed E-state index contributed by atoms with van der Waals surface area (Å²) in [5, 5.41) is 6.01. The lowest BCUT2D eigenvalue weighted by atomic mass is 10.1. The lowest BCUT2D eigenvalue weighted by Crippen LogP contribution is -2.27. The average molecular weight is 269 g/mol. The van der Waals surface area contributed by atoms with E-state index in [0.717, 1.165) is 22.4 Å². The molecule has 0 radical (unpaired) electrons. The molecule has 0 aliphatic carbocycles. The molecule has 0 fully saturated rings. The second kappa shape index (κ2) is 6.82. The number of aromatic nitrogens is 1. The molecule has 0 spiro atoms. The van der Waals surface area contributed by atoms with E-state index >= 15 is 0 Å². The molecular weight excluding hydrogens is 250 g/mol. The number of carbonyl (C=O) groups is 1. The summed E-state index contributed by atoms with van der Waals surface area (Å²) >= 11 is 0. The van der Waals surface area contributed by atoms with Crippen LogP contribution in [-0.4, -0.2) is 17.4 Å². The first-order valence-corrected chi connectivity index (χ1v) is 6.62. The third-order valence-corrected chi connectivity index (χ3v) is 3.04. The first-order chi connectivity index (χ1) is 9.65. The van der Waals surface area contributed by atoms with Gasteiger partial charge in [-0.15, -0.1) is 0 Å². The van der Waals surface area contributed by atoms with Crippen LogP contribution in [0.25, 0.3) is 0 Å². The number of nitrogens with one attached hydrogen (secondary N) is 2. The van der Waals surface area contributed by atoms with Crippen molar-refractivity contribution in [2.24, 2.45) is 0 Å². The number of benzene rings is 1. The third kappa shape index (κ3) is 4.17. The van der Waals surface area contributed by atoms with Crippen molar-refractivity contribution in [2.45, 2.75) is 20.4 Å². The van der Waals surface area contributed by atoms with Crippen LogP contribution in [0, 0.1) is 13.8 Å². The third-order valence-electron chi connectivity index (χ3n) is 3.04. The Labute approximate surface area is 119 Å². The number of hydrogen-bond acceptors (Lipinski definition) is 3. The Morgan fingerprint density at radius 2 is 2.10 bits per heavy atom. The van der Waals surface area contributed by atoms with Crippen LogP contribution in [0.2, 0.25) is 0 Å². The maximum absolute atomic E-state index is 11.8. The number of hydrogen-bond donors (Lipinski definition) is 2. The molecule has 0 saturated carbocycles. The fourth-order valence-corrected chi connectivity index (χ4v) is 1.94. The van der Waals surface area contributed by atoms with Gasteiger partial charge in [-0.25, -0.2) is 0 Å². The molecule has 0 bridgehead atoms. The van der Waals surface area contributed by atoms with E-state index in [0.29, 0.717) is 6.54 Å². The topological polar surface area (TPSA) is 54.0 Å². The van der Waals surface area contributed by atoms with Gasteiger partial charge in [0, 0.05) is 24.6 Å². The molecule has 20 heavy (non-hydrogen) atoms. The van der Waals surface area contributed by atoms with E-state index in [-0.39, 0.29) is 12.5 Å². The average Bonchev–Trinajstić information content (AvgIpc) is 2.41. The van der Waals surface area contributed by atoms with Crippen molar-refractivity contribution < 1.29 is 4.79 Å². The van der Waals surface area contributed by atoms with Crippen LogP contribution in [0.5, 0.6) is 0 Å². The highest BCUT2D eigenvalue weighted by Gasteiger charge is 2.03. The van der Waals surface area contributed by atoms with E-state index in [1.54, 1.807) is 6.20 Å². The molecule has 1 heterocycles. The normalized spacial score (nSPS) is 10.3. The molecule has 0 atom stereocenters. The number of amides is 1. The first kappa shape index (κ1) is 14.2. The van der Waals surface area contributed by atoms with Crippen LogP contribution >= 0.6 is 0 Å². The van der Waals surface area contributed by atoms with E-state index in [1.165, 1.54) is 0 Å². The van der Waals surface area contributed by atoms with Crippen molar-refractivity contribution in [2.75, 3.05) is 11.9 Å². The molecule has 104 valence electrons. The Hall–Kier alpha value is -2.20. The Morgan fingerprint density at radius 3 is 2.85 bits per heavy atom. The number of anilines is 1. The van der Waals surface area contributed by atoms with Crippen LogP contribution < -0.4 is 10.6 Å². The predicted octanol–water partition coefficient (Wildman–Crippen LogP) is 2.43. The lowest BCUT2D eigenvalue weighted by molar-refractivity contribution is -0.115. The molecule has 2 aromatic rings. The van der Waals surface area contributed by atoms with Crippen LogP contribution in [0.3, 0.4) is 0 Å². The fraction of sp³-hybridized carbons (Fsp3) is 0.250. The second-order valence-electron chi connectivity index (χ2n) is 4.82. The standard InChI is InChI=1S/C16H19N3O/c1-12-4-3-5-15(8-12)19-16(20)11-18-10-14-6-7-17-9-13(14)2/h3-9,18H,10-11H2,1-2H3,(H,19,20). The highest BCUT2D eigenvalue weighted by molar-refractivity contribution is 5.92. The van der Waals surface area contributed by atoms with Crippen molar-refractivity contribution >= 4 is 11.6 Å². The van der Waals surface area contributed by atoms with Gasteiger partial charge in [-0.05, 0) is 48.7 Å². The van der Waals surface area contributed by atoms with Crippen LogP contribution in [0.15, 0.2) is 42.7 Å². The molecule has 0 unspecified atom stereocenters. The van der Waals surface area contributed by atoms with Gasteiger partial charge in [-0.1, -0.05) is 12.1 Å². The van der Waals surface area contributed by atoms with Gasteiger partial charge in [0.15, 0.2) is 0 Å². The quantitative estimate of drug-likeness (QED) is 0.876. The molecule has 0 aliphatic rings. The molecule has 4 heteroatoms. The Bertz CT molecular complexity index is 596. The van der Waals surface area contributed by atoms with E-state index in [1.807, 2.05) is 50.4 Å². The van der Waals surface area contributed by atoms with Crippen molar-refractivity contribution in [1.29, 1.82) is 0 Å². The van der Waals surface area contributed by atoms with Gasteiger partial charge in [0.2, 0.25) is 5.91 Å². The van der Waals surface area contributed by atoms with E-state index in [4.69, 9.17) is 0 Å². The van der Waals surface area contributed by atoms with Gasteiger partial charge in [0.05, 0.1) is 6.54 Å². The zero-order valence-electron chi connectivity index (χ0n) is 11.8. The maximum atomic E-state index is 11.8. The second-order valence-corrected chi connectivity index (χ2v) is 4.82. The molecule has 2 rings (SSSR count). The van der Waals surface area contributed by atoms with Gasteiger partial charge < -0.3 is 10.6 Å². The molecule has 0 aliphatic heterocycles. The molecular formula is C16H19N3O. The summed E-state index contributed by atoms with van der Waals surface area (Å²) in [5.74, 6) is -0.0395. The minimum Gasteiger partial charge on any atom is -0.325 e. The Morgan fingerprint density at radius 1 is 1.25 bits per heavy atom. The zero-order valence-corrected chi connectivity index (χ0v) is 11.8. The fourth-order valence-electron chi connectivity index (χ4n) is 1.94. The molecule has 4 nitrogen and oxygen atoms in total. The molecule has 1 aromatic carbocycles. The Balaban J connectivity index is 1.80. The first-order valence-electron chi connectivity index (χ1n) is 6.62. The van der Waals surface area contributed by atoms with Gasteiger partial charge in [0.25, 0.3) is 0 Å². The summed E-state index contributed by atoms with van der Waals surface area (Å²) in [6.45, 7) is 4.96. The maximum Gasteiger partial charge on any atom is 0.238 e. The number of aryl methyl sites for hydroxylation is 2. The van der Waals surface area contributed by atoms with E-state index in [2.05, 4.69) is 15.6 Å². The summed E-state index contributed by atoms with van der Waals surface area (Å²) in [7, 11) is 0. The minimum atomic E-state index is -0.0395. The van der Waals surface area contributed by atoms with Crippen LogP contribution in [0.4, 0.5) is 5.69 Å². The summed E-state index contributed by atoms with van der Waals surface area (Å²) < 4.78 is 0. The van der Waals surface area contributed by atoms with Crippen molar-refractivity contribution in [3.05, 3.63) is 59.4 Å². The van der Waals surface area contributed by atoms with Crippen molar-refractivity contribution in [3.63, 3.8) is 0 Å². The molecule has 0 saturated heterocycles. The summed E-state index contributed by atoms with van der Waals surface area (Å²) in [5.41, 5.74) is 4.24. The van der Waals surface area contributed by atoms with Crippen LogP contribution in [-0.2, 0) is 11.3 Å². The van der Waals surface area contributed by atoms with Gasteiger partial charge in [0.1, 0.15) is 0 Å². The van der Waals surface area contributed by atoms with Gasteiger partial charge in [-0.2, -0.15) is 0 Å². The van der Waals surface area contributed by atoms with Gasteiger partial charge in [-0.3, -0.25) is 9.78 Å². The van der Waals surface area contributed by atoms with Crippen molar-refractivity contribution in [1.82, 2.24) is 10.3 Å². The zero-order chi connectivity index (χ0) is 14.4. The SMILES string of the molecule is Cc1cccc(NC(=O)CNCc2ccncc2C)c1. The summed E-state index contributed by atoms with van der Waals surface area (Å²) in [6, 6.07) is 9.72. The van der Waals surface area contributed by atoms with Gasteiger partial charge >= 0.3 is 0 Å². The monoisotopic (exact) mass is 269 g/mol. The van der Waals surface area contributed by atoms with E-state index in [9.17, 15) is 4.79 Å². The molecule has 1 amide bonds. The number of carbonyl (C=O) groups excluding carboxylic acids is 1. The lowest BCUT2D eigenvalue weighted by Gasteiger charge is -2.08. The van der Waals surface area contributed by atoms with Crippen molar-refractivity contribution in [3.8, 4) is 0 Å². The van der Waals surface area contributed by atoms with Crippen LogP contribution in [0.1, 0.15) is 16.7 Å². The minimum absolute atomic E-state index is 0.0395. The predicted molar refractivity (Wildman–Crippen MR) is 80.5 cm³/mol. The highest BCUT2D eigenvalue weighted by Crippen LogP contribution is 2.09. The number of nitrogens with zero attached hydrogens (tertiary/aromatic N) is 1. The largest absolute Gasteiger partial charge is 0.325 e. The van der Waals surface area contributed by atoms with E-state index < -0.39 is 0 Å². The number of rotatable bonds is 5. The summed E-state index contributed by atoms with van der Waals surface area (Å²) in [6.07, 6.45) is 3.58. The Kier molecular flexibility index (Phi) is 4.85. The highest BCUT2D eigenvalue weighted by atomic mass is 16.1. The summed E-state index contributed by atoms with van der Waals surface area (Å²) in [4.78, 5) is 15.9.